The lowest BCUT2D eigenvalue weighted by Crippen LogP contribution is -2.17. The molecule has 0 fully saturated rings. The molecule has 0 aliphatic heterocycles. The molecule has 0 bridgehead atoms. The molecule has 2 aromatic rings. The molecule has 0 radical (unpaired) electrons. The number of benzene rings is 2. The van der Waals surface area contributed by atoms with Crippen molar-refractivity contribution in [2.45, 2.75) is 20.3 Å². The lowest BCUT2D eigenvalue weighted by Gasteiger charge is -2.10. The third kappa shape index (κ3) is 5.89. The van der Waals surface area contributed by atoms with Crippen molar-refractivity contribution in [3.8, 4) is 17.2 Å². The number of rotatable bonds is 9. The van der Waals surface area contributed by atoms with E-state index in [1.54, 1.807) is 30.3 Å². The van der Waals surface area contributed by atoms with Gasteiger partial charge in [-0.15, -0.1) is 0 Å². The molecule has 2 aromatic carbocycles. The van der Waals surface area contributed by atoms with E-state index < -0.39 is 0 Å². The van der Waals surface area contributed by atoms with E-state index >= 15 is 0 Å². The zero-order chi connectivity index (χ0) is 19.6. The van der Waals surface area contributed by atoms with Crippen LogP contribution in [0.25, 0.3) is 0 Å². The maximum absolute atomic E-state index is 12.2. The molecule has 7 heteroatoms. The molecule has 6 nitrogen and oxygen atoms in total. The SMILES string of the molecule is CCCOc1ccc(/C=N/NC(=O)c2ccc(OCC)c(OC)c2)cc1Cl. The molecule has 0 aromatic heterocycles. The van der Waals surface area contributed by atoms with Crippen molar-refractivity contribution in [1.29, 1.82) is 0 Å². The number of carbonyl (C=O) groups excluding carboxylic acids is 1. The normalized spacial score (nSPS) is 10.7. The monoisotopic (exact) mass is 390 g/mol. The van der Waals surface area contributed by atoms with Crippen molar-refractivity contribution < 1.29 is 19.0 Å². The van der Waals surface area contributed by atoms with Gasteiger partial charge in [0, 0.05) is 5.56 Å². The van der Waals surface area contributed by atoms with Gasteiger partial charge in [0.25, 0.3) is 5.91 Å². The Morgan fingerprint density at radius 1 is 1.11 bits per heavy atom. The van der Waals surface area contributed by atoms with Crippen LogP contribution < -0.4 is 19.6 Å². The molecule has 27 heavy (non-hydrogen) atoms. The second-order valence-corrected chi connectivity index (χ2v) is 5.94. The predicted molar refractivity (Wildman–Crippen MR) is 106 cm³/mol. The molecule has 0 unspecified atom stereocenters. The van der Waals surface area contributed by atoms with Crippen LogP contribution in [-0.4, -0.2) is 32.4 Å². The van der Waals surface area contributed by atoms with Gasteiger partial charge in [0.2, 0.25) is 0 Å². The molecule has 0 aliphatic carbocycles. The molecule has 2 rings (SSSR count). The van der Waals surface area contributed by atoms with Crippen molar-refractivity contribution in [1.82, 2.24) is 5.43 Å². The fourth-order valence-corrected chi connectivity index (χ4v) is 2.48. The van der Waals surface area contributed by atoms with E-state index in [0.29, 0.717) is 41.0 Å². The summed E-state index contributed by atoms with van der Waals surface area (Å²) < 4.78 is 16.2. The van der Waals surface area contributed by atoms with Crippen molar-refractivity contribution in [2.75, 3.05) is 20.3 Å². The van der Waals surface area contributed by atoms with Gasteiger partial charge in [-0.05, 0) is 55.3 Å². The minimum atomic E-state index is -0.360. The Morgan fingerprint density at radius 2 is 1.89 bits per heavy atom. The standard InChI is InChI=1S/C20H23ClN2O4/c1-4-10-27-17-8-6-14(11-16(17)21)13-22-23-20(24)15-7-9-18(26-5-2)19(12-15)25-3/h6-9,11-13H,4-5,10H2,1-3H3,(H,23,24)/b22-13+. The molecule has 0 saturated heterocycles. The zero-order valence-corrected chi connectivity index (χ0v) is 16.4. The van der Waals surface area contributed by atoms with Crippen LogP contribution in [0.3, 0.4) is 0 Å². The lowest BCUT2D eigenvalue weighted by atomic mass is 10.2. The average molecular weight is 391 g/mol. The summed E-state index contributed by atoms with van der Waals surface area (Å²) in [5, 5.41) is 4.46. The first-order valence-electron chi connectivity index (χ1n) is 8.65. The number of carbonyl (C=O) groups is 1. The fraction of sp³-hybridized carbons (Fsp3) is 0.300. The number of hydrazone groups is 1. The predicted octanol–water partition coefficient (Wildman–Crippen LogP) is 4.30. The molecule has 0 spiro atoms. The molecule has 0 saturated carbocycles. The molecular weight excluding hydrogens is 368 g/mol. The quantitative estimate of drug-likeness (QED) is 0.512. The van der Waals surface area contributed by atoms with Gasteiger partial charge in [-0.1, -0.05) is 18.5 Å². The van der Waals surface area contributed by atoms with Crippen LogP contribution in [-0.2, 0) is 0 Å². The molecule has 1 amide bonds. The fourth-order valence-electron chi connectivity index (χ4n) is 2.24. The maximum atomic E-state index is 12.2. The van der Waals surface area contributed by atoms with Crippen LogP contribution >= 0.6 is 11.6 Å². The van der Waals surface area contributed by atoms with Crippen LogP contribution in [0.15, 0.2) is 41.5 Å². The Bertz CT molecular complexity index is 809. The highest BCUT2D eigenvalue weighted by Crippen LogP contribution is 2.28. The summed E-state index contributed by atoms with van der Waals surface area (Å²) in [5.41, 5.74) is 3.63. The molecule has 0 heterocycles. The van der Waals surface area contributed by atoms with Gasteiger partial charge in [0.1, 0.15) is 5.75 Å². The minimum Gasteiger partial charge on any atom is -0.493 e. The first-order chi connectivity index (χ1) is 13.1. The molecule has 1 N–H and O–H groups in total. The molecule has 0 atom stereocenters. The minimum absolute atomic E-state index is 0.360. The summed E-state index contributed by atoms with van der Waals surface area (Å²) in [6, 6.07) is 10.3. The van der Waals surface area contributed by atoms with Crippen LogP contribution in [0.5, 0.6) is 17.2 Å². The first kappa shape index (κ1) is 20.6. The van der Waals surface area contributed by atoms with E-state index in [9.17, 15) is 4.79 Å². The number of hydrogen-bond donors (Lipinski definition) is 1. The number of nitrogens with zero attached hydrogens (tertiary/aromatic N) is 1. The average Bonchev–Trinajstić information content (AvgIpc) is 2.67. The van der Waals surface area contributed by atoms with Gasteiger partial charge in [-0.3, -0.25) is 4.79 Å². The first-order valence-corrected chi connectivity index (χ1v) is 9.03. The zero-order valence-electron chi connectivity index (χ0n) is 15.6. The molecule has 0 aliphatic rings. The van der Waals surface area contributed by atoms with E-state index in [2.05, 4.69) is 10.5 Å². The van der Waals surface area contributed by atoms with Gasteiger partial charge < -0.3 is 14.2 Å². The lowest BCUT2D eigenvalue weighted by molar-refractivity contribution is 0.0954. The van der Waals surface area contributed by atoms with Gasteiger partial charge in [0.15, 0.2) is 11.5 Å². The third-order valence-corrected chi connectivity index (χ3v) is 3.82. The van der Waals surface area contributed by atoms with Crippen LogP contribution in [0.4, 0.5) is 0 Å². The van der Waals surface area contributed by atoms with Crippen molar-refractivity contribution in [3.63, 3.8) is 0 Å². The Hall–Kier alpha value is -2.73. The summed E-state index contributed by atoms with van der Waals surface area (Å²) in [7, 11) is 1.52. The number of ether oxygens (including phenoxy) is 3. The Balaban J connectivity index is 2.01. The van der Waals surface area contributed by atoms with Gasteiger partial charge >= 0.3 is 0 Å². The van der Waals surface area contributed by atoms with Crippen LogP contribution in [0.2, 0.25) is 5.02 Å². The maximum Gasteiger partial charge on any atom is 0.271 e. The smallest absolute Gasteiger partial charge is 0.271 e. The number of nitrogens with one attached hydrogen (secondary N) is 1. The van der Waals surface area contributed by atoms with Gasteiger partial charge in [-0.2, -0.15) is 5.10 Å². The second-order valence-electron chi connectivity index (χ2n) is 5.54. The highest BCUT2D eigenvalue weighted by molar-refractivity contribution is 6.32. The topological polar surface area (TPSA) is 69.2 Å². The summed E-state index contributed by atoms with van der Waals surface area (Å²) >= 11 is 6.18. The Kier molecular flexibility index (Phi) is 7.95. The van der Waals surface area contributed by atoms with E-state index in [1.165, 1.54) is 13.3 Å². The van der Waals surface area contributed by atoms with Gasteiger partial charge in [0.05, 0.1) is 31.6 Å². The summed E-state index contributed by atoms with van der Waals surface area (Å²) in [4.78, 5) is 12.2. The van der Waals surface area contributed by atoms with Crippen molar-refractivity contribution >= 4 is 23.7 Å². The van der Waals surface area contributed by atoms with E-state index in [1.807, 2.05) is 19.9 Å². The summed E-state index contributed by atoms with van der Waals surface area (Å²) in [6.07, 6.45) is 2.42. The van der Waals surface area contributed by atoms with E-state index in [0.717, 1.165) is 12.0 Å². The number of amides is 1. The third-order valence-electron chi connectivity index (χ3n) is 3.52. The highest BCUT2D eigenvalue weighted by atomic mass is 35.5. The van der Waals surface area contributed by atoms with Crippen molar-refractivity contribution in [2.24, 2.45) is 5.10 Å². The molecule has 144 valence electrons. The number of halogens is 1. The van der Waals surface area contributed by atoms with Crippen LogP contribution in [0, 0.1) is 0 Å². The number of methoxy groups -OCH3 is 1. The second kappa shape index (κ2) is 10.4. The van der Waals surface area contributed by atoms with Gasteiger partial charge in [-0.25, -0.2) is 5.43 Å². The van der Waals surface area contributed by atoms with Crippen molar-refractivity contribution in [3.05, 3.63) is 52.5 Å². The highest BCUT2D eigenvalue weighted by Gasteiger charge is 2.10. The van der Waals surface area contributed by atoms with E-state index in [-0.39, 0.29) is 5.91 Å². The summed E-state index contributed by atoms with van der Waals surface area (Å²) in [5.74, 6) is 1.34. The summed E-state index contributed by atoms with van der Waals surface area (Å²) in [6.45, 7) is 5.02. The van der Waals surface area contributed by atoms with Crippen LogP contribution in [0.1, 0.15) is 36.2 Å². The Morgan fingerprint density at radius 3 is 2.56 bits per heavy atom. The van der Waals surface area contributed by atoms with E-state index in [4.69, 9.17) is 25.8 Å². The number of hydrogen-bond acceptors (Lipinski definition) is 5. The largest absolute Gasteiger partial charge is 0.493 e. The molecular formula is C20H23ClN2O4. The Labute approximate surface area is 164 Å².